The number of hydrogen-bond acceptors (Lipinski definition) is 5. The van der Waals surface area contributed by atoms with Crippen LogP contribution in [0, 0.1) is 5.41 Å². The van der Waals surface area contributed by atoms with E-state index in [9.17, 15) is 4.79 Å². The van der Waals surface area contributed by atoms with E-state index in [1.807, 2.05) is 4.68 Å². The van der Waals surface area contributed by atoms with Gasteiger partial charge < -0.3 is 4.90 Å². The highest BCUT2D eigenvalue weighted by atomic mass is 16.1. The molecule has 0 unspecified atom stereocenters. The van der Waals surface area contributed by atoms with E-state index >= 15 is 0 Å². The van der Waals surface area contributed by atoms with Crippen LogP contribution >= 0.6 is 0 Å². The van der Waals surface area contributed by atoms with E-state index in [4.69, 9.17) is 4.98 Å². The summed E-state index contributed by atoms with van der Waals surface area (Å²) in [5, 5.41) is 4.93. The average Bonchev–Trinajstić information content (AvgIpc) is 2.97. The molecule has 144 valence electrons. The first kappa shape index (κ1) is 18.9. The SMILES string of the molecule is CC(C)(C)CCN1CCN(c2nc3c(cnn3C(C)(C)C)c(=O)[nH]2)CC1. The van der Waals surface area contributed by atoms with Gasteiger partial charge in [0.1, 0.15) is 5.39 Å². The molecule has 0 atom stereocenters. The monoisotopic (exact) mass is 360 g/mol. The van der Waals surface area contributed by atoms with E-state index < -0.39 is 0 Å². The second-order valence-electron chi connectivity index (χ2n) is 9.49. The molecule has 1 aliphatic rings. The van der Waals surface area contributed by atoms with E-state index in [1.165, 1.54) is 6.42 Å². The molecule has 7 heteroatoms. The molecule has 26 heavy (non-hydrogen) atoms. The maximum atomic E-state index is 12.5. The van der Waals surface area contributed by atoms with Crippen molar-refractivity contribution < 1.29 is 0 Å². The second-order valence-corrected chi connectivity index (χ2v) is 9.49. The summed E-state index contributed by atoms with van der Waals surface area (Å²) >= 11 is 0. The third-order valence-corrected chi connectivity index (χ3v) is 4.91. The number of fused-ring (bicyclic) bond motifs is 1. The van der Waals surface area contributed by atoms with E-state index in [0.717, 1.165) is 32.7 Å². The third kappa shape index (κ3) is 4.09. The second kappa shape index (κ2) is 6.68. The molecule has 1 saturated heterocycles. The molecule has 0 radical (unpaired) electrons. The highest BCUT2D eigenvalue weighted by Gasteiger charge is 2.24. The zero-order valence-corrected chi connectivity index (χ0v) is 17.0. The number of piperazine rings is 1. The van der Waals surface area contributed by atoms with E-state index in [2.05, 4.69) is 61.4 Å². The van der Waals surface area contributed by atoms with Gasteiger partial charge in [-0.2, -0.15) is 10.1 Å². The summed E-state index contributed by atoms with van der Waals surface area (Å²) in [5.74, 6) is 0.656. The van der Waals surface area contributed by atoms with Gasteiger partial charge in [-0.1, -0.05) is 20.8 Å². The summed E-state index contributed by atoms with van der Waals surface area (Å²) in [6.07, 6.45) is 2.81. The standard InChI is InChI=1S/C19H32N6O/c1-18(2,3)7-8-23-9-11-24(12-10-23)17-21-15-14(16(26)22-17)13-20-25(15)19(4,5)6/h13H,7-12H2,1-6H3,(H,21,22,26). The van der Waals surface area contributed by atoms with Crippen LogP contribution in [0.1, 0.15) is 48.0 Å². The van der Waals surface area contributed by atoms with Crippen molar-refractivity contribution in [2.45, 2.75) is 53.5 Å². The first-order valence-electron chi connectivity index (χ1n) is 9.50. The quantitative estimate of drug-likeness (QED) is 0.910. The predicted octanol–water partition coefficient (Wildman–Crippen LogP) is 2.43. The maximum Gasteiger partial charge on any atom is 0.263 e. The molecular weight excluding hydrogens is 328 g/mol. The number of nitrogens with one attached hydrogen (secondary N) is 1. The van der Waals surface area contributed by atoms with Crippen LogP contribution in [0.5, 0.6) is 0 Å². The summed E-state index contributed by atoms with van der Waals surface area (Å²) in [7, 11) is 0. The van der Waals surface area contributed by atoms with Gasteiger partial charge in [0.15, 0.2) is 5.65 Å². The lowest BCUT2D eigenvalue weighted by Gasteiger charge is -2.36. The number of anilines is 1. The van der Waals surface area contributed by atoms with Crippen molar-refractivity contribution in [1.29, 1.82) is 0 Å². The summed E-state index contributed by atoms with van der Waals surface area (Å²) in [6, 6.07) is 0. The number of H-pyrrole nitrogens is 1. The van der Waals surface area contributed by atoms with Crippen molar-refractivity contribution in [1.82, 2.24) is 24.6 Å². The Morgan fingerprint density at radius 2 is 1.73 bits per heavy atom. The lowest BCUT2D eigenvalue weighted by Crippen LogP contribution is -2.48. The predicted molar refractivity (Wildman–Crippen MR) is 106 cm³/mol. The smallest absolute Gasteiger partial charge is 0.263 e. The number of aromatic nitrogens is 4. The van der Waals surface area contributed by atoms with Gasteiger partial charge in [-0.3, -0.25) is 14.7 Å². The largest absolute Gasteiger partial charge is 0.340 e. The van der Waals surface area contributed by atoms with Crippen molar-refractivity contribution in [3.8, 4) is 0 Å². The number of nitrogens with zero attached hydrogens (tertiary/aromatic N) is 5. The van der Waals surface area contributed by atoms with Crippen LogP contribution in [0.25, 0.3) is 11.0 Å². The Morgan fingerprint density at radius 1 is 1.08 bits per heavy atom. The Bertz CT molecular complexity index is 815. The fraction of sp³-hybridized carbons (Fsp3) is 0.737. The van der Waals surface area contributed by atoms with Gasteiger partial charge in [0, 0.05) is 26.2 Å². The highest BCUT2D eigenvalue weighted by molar-refractivity contribution is 5.74. The van der Waals surface area contributed by atoms with Gasteiger partial charge in [0.05, 0.1) is 11.7 Å². The molecular formula is C19H32N6O. The Morgan fingerprint density at radius 3 is 2.31 bits per heavy atom. The van der Waals surface area contributed by atoms with Crippen molar-refractivity contribution >= 4 is 17.0 Å². The van der Waals surface area contributed by atoms with Crippen LogP contribution in [0.4, 0.5) is 5.95 Å². The van der Waals surface area contributed by atoms with Crippen LogP contribution in [0.2, 0.25) is 0 Å². The molecule has 1 N–H and O–H groups in total. The van der Waals surface area contributed by atoms with Gasteiger partial charge >= 0.3 is 0 Å². The normalized spacial score (nSPS) is 17.2. The molecule has 0 amide bonds. The van der Waals surface area contributed by atoms with Gasteiger partial charge in [-0.25, -0.2) is 4.68 Å². The highest BCUT2D eigenvalue weighted by Crippen LogP contribution is 2.21. The first-order chi connectivity index (χ1) is 12.0. The zero-order valence-electron chi connectivity index (χ0n) is 17.0. The lowest BCUT2D eigenvalue weighted by molar-refractivity contribution is 0.216. The molecule has 7 nitrogen and oxygen atoms in total. The topological polar surface area (TPSA) is 70.1 Å². The lowest BCUT2D eigenvalue weighted by atomic mass is 9.92. The molecule has 0 aliphatic carbocycles. The molecule has 2 aromatic rings. The van der Waals surface area contributed by atoms with E-state index in [-0.39, 0.29) is 11.1 Å². The number of aromatic amines is 1. The van der Waals surface area contributed by atoms with Gasteiger partial charge in [0.25, 0.3) is 5.56 Å². The van der Waals surface area contributed by atoms with Crippen molar-refractivity contribution in [3.05, 3.63) is 16.6 Å². The van der Waals surface area contributed by atoms with Crippen LogP contribution < -0.4 is 10.5 Å². The molecule has 3 rings (SSSR count). The molecule has 2 aromatic heterocycles. The molecule has 1 aliphatic heterocycles. The number of rotatable bonds is 3. The van der Waals surface area contributed by atoms with Gasteiger partial charge in [-0.15, -0.1) is 0 Å². The fourth-order valence-electron chi connectivity index (χ4n) is 3.22. The zero-order chi connectivity index (χ0) is 19.1. The Labute approximate surface area is 155 Å². The molecule has 0 aromatic carbocycles. The Hall–Kier alpha value is -1.89. The Kier molecular flexibility index (Phi) is 4.86. The molecule has 1 fully saturated rings. The van der Waals surface area contributed by atoms with E-state index in [1.54, 1.807) is 6.20 Å². The van der Waals surface area contributed by atoms with Crippen LogP contribution in [0.15, 0.2) is 11.0 Å². The van der Waals surface area contributed by atoms with Crippen LogP contribution in [-0.4, -0.2) is 57.4 Å². The fourth-order valence-corrected chi connectivity index (χ4v) is 3.22. The molecule has 3 heterocycles. The third-order valence-electron chi connectivity index (χ3n) is 4.91. The molecule has 0 bridgehead atoms. The summed E-state index contributed by atoms with van der Waals surface area (Å²) in [4.78, 5) is 24.8. The van der Waals surface area contributed by atoms with Crippen LogP contribution in [-0.2, 0) is 5.54 Å². The summed E-state index contributed by atoms with van der Waals surface area (Å²) in [6.45, 7) is 17.9. The number of hydrogen-bond donors (Lipinski definition) is 1. The maximum absolute atomic E-state index is 12.5. The average molecular weight is 361 g/mol. The summed E-state index contributed by atoms with van der Waals surface area (Å²) < 4.78 is 1.83. The minimum atomic E-state index is -0.217. The van der Waals surface area contributed by atoms with Crippen molar-refractivity contribution in [3.63, 3.8) is 0 Å². The van der Waals surface area contributed by atoms with Crippen molar-refractivity contribution in [2.24, 2.45) is 5.41 Å². The van der Waals surface area contributed by atoms with Gasteiger partial charge in [-0.05, 0) is 39.2 Å². The first-order valence-corrected chi connectivity index (χ1v) is 9.50. The minimum absolute atomic E-state index is 0.115. The van der Waals surface area contributed by atoms with E-state index in [0.29, 0.717) is 22.4 Å². The van der Waals surface area contributed by atoms with Crippen LogP contribution in [0.3, 0.4) is 0 Å². The summed E-state index contributed by atoms with van der Waals surface area (Å²) in [5.41, 5.74) is 0.688. The molecule has 0 saturated carbocycles. The minimum Gasteiger partial charge on any atom is -0.340 e. The molecule has 0 spiro atoms. The Balaban J connectivity index is 1.76. The van der Waals surface area contributed by atoms with Gasteiger partial charge in [0.2, 0.25) is 5.95 Å². The van der Waals surface area contributed by atoms with Crippen molar-refractivity contribution in [2.75, 3.05) is 37.6 Å².